The molecule has 1 amide bonds. The van der Waals surface area contributed by atoms with Gasteiger partial charge in [-0.15, -0.1) is 0 Å². The number of primary amides is 1. The normalized spacial score (nSPS) is 16.8. The van der Waals surface area contributed by atoms with Crippen molar-refractivity contribution in [2.75, 3.05) is 13.7 Å². The van der Waals surface area contributed by atoms with Gasteiger partial charge in [-0.1, -0.05) is 15.9 Å². The molecule has 0 radical (unpaired) electrons. The summed E-state index contributed by atoms with van der Waals surface area (Å²) in [4.78, 5) is 10.5. The molecule has 1 unspecified atom stereocenters. The highest BCUT2D eigenvalue weighted by atomic mass is 79.9. The molecule has 9 heavy (non-hydrogen) atoms. The van der Waals surface area contributed by atoms with Gasteiger partial charge in [0, 0.05) is 7.11 Å². The fourth-order valence-corrected chi connectivity index (χ4v) is 0.571. The van der Waals surface area contributed by atoms with Crippen molar-refractivity contribution in [3.05, 3.63) is 0 Å². The van der Waals surface area contributed by atoms with E-state index in [9.17, 15) is 4.79 Å². The molecule has 0 fully saturated rings. The molecule has 54 valence electrons. The lowest BCUT2D eigenvalue weighted by atomic mass is 10.2. The van der Waals surface area contributed by atoms with Crippen molar-refractivity contribution in [3.63, 3.8) is 0 Å². The summed E-state index contributed by atoms with van der Waals surface area (Å²) >= 11 is 3.11. The monoisotopic (exact) mass is 195 g/mol. The molecule has 1 atom stereocenters. The molecule has 0 aliphatic heterocycles. The molecule has 0 saturated carbocycles. The van der Waals surface area contributed by atoms with E-state index in [-0.39, 0.29) is 0 Å². The van der Waals surface area contributed by atoms with Crippen LogP contribution in [-0.4, -0.2) is 23.9 Å². The minimum Gasteiger partial charge on any atom is -0.383 e. The lowest BCUT2D eigenvalue weighted by Gasteiger charge is -2.15. The van der Waals surface area contributed by atoms with Crippen LogP contribution < -0.4 is 5.73 Å². The van der Waals surface area contributed by atoms with E-state index in [2.05, 4.69) is 15.9 Å². The number of hydrogen-bond acceptors (Lipinski definition) is 2. The first kappa shape index (κ1) is 8.91. The van der Waals surface area contributed by atoms with Crippen molar-refractivity contribution >= 4 is 21.8 Å². The highest BCUT2D eigenvalue weighted by Crippen LogP contribution is 2.15. The predicted molar refractivity (Wildman–Crippen MR) is 38.4 cm³/mol. The molecule has 0 saturated heterocycles. The minimum absolute atomic E-state index is 0.294. The Labute approximate surface area is 62.7 Å². The summed E-state index contributed by atoms with van der Waals surface area (Å²) < 4.78 is 4.00. The molecule has 0 aromatic heterocycles. The number of carbonyl (C=O) groups is 1. The quantitative estimate of drug-likeness (QED) is 0.658. The minimum atomic E-state index is -0.720. The second-order valence-corrected chi connectivity index (χ2v) is 3.74. The Bertz CT molecular complexity index is 114. The van der Waals surface area contributed by atoms with Gasteiger partial charge in [0.1, 0.15) is 4.32 Å². The summed E-state index contributed by atoms with van der Waals surface area (Å²) in [7, 11) is 1.52. The molecule has 0 aromatic carbocycles. The number of hydrogen-bond donors (Lipinski definition) is 1. The SMILES string of the molecule is COCC(C)(Br)C(N)=O. The van der Waals surface area contributed by atoms with E-state index in [1.165, 1.54) is 7.11 Å². The first-order valence-corrected chi connectivity index (χ1v) is 3.28. The first-order valence-electron chi connectivity index (χ1n) is 2.48. The Hall–Kier alpha value is -0.0900. The molecule has 0 rings (SSSR count). The topological polar surface area (TPSA) is 52.3 Å². The number of ether oxygens (including phenoxy) is 1. The maximum Gasteiger partial charge on any atom is 0.236 e. The van der Waals surface area contributed by atoms with Gasteiger partial charge >= 0.3 is 0 Å². The number of nitrogens with two attached hydrogens (primary N) is 1. The van der Waals surface area contributed by atoms with Crippen molar-refractivity contribution in [3.8, 4) is 0 Å². The summed E-state index contributed by atoms with van der Waals surface area (Å²) in [5.41, 5.74) is 4.99. The van der Waals surface area contributed by atoms with Crippen LogP contribution in [0.4, 0.5) is 0 Å². The van der Waals surface area contributed by atoms with Crippen LogP contribution in [0.2, 0.25) is 0 Å². The standard InChI is InChI=1S/C5H10BrNO2/c1-5(6,3-9-2)4(7)8/h3H2,1-2H3,(H2,7,8). The maximum atomic E-state index is 10.5. The lowest BCUT2D eigenvalue weighted by molar-refractivity contribution is -0.120. The van der Waals surface area contributed by atoms with Crippen molar-refractivity contribution < 1.29 is 9.53 Å². The zero-order valence-electron chi connectivity index (χ0n) is 5.48. The van der Waals surface area contributed by atoms with E-state index in [0.717, 1.165) is 0 Å². The third-order valence-electron chi connectivity index (χ3n) is 0.929. The van der Waals surface area contributed by atoms with E-state index in [0.29, 0.717) is 6.61 Å². The summed E-state index contributed by atoms with van der Waals surface area (Å²) in [5, 5.41) is 0. The van der Waals surface area contributed by atoms with Crippen LogP contribution in [0, 0.1) is 0 Å². The van der Waals surface area contributed by atoms with Gasteiger partial charge in [-0.25, -0.2) is 0 Å². The number of halogens is 1. The van der Waals surface area contributed by atoms with Crippen LogP contribution in [0.5, 0.6) is 0 Å². The Morgan fingerprint density at radius 2 is 2.33 bits per heavy atom. The van der Waals surface area contributed by atoms with Crippen LogP contribution in [0.15, 0.2) is 0 Å². The van der Waals surface area contributed by atoms with E-state index >= 15 is 0 Å². The number of amides is 1. The van der Waals surface area contributed by atoms with Crippen LogP contribution in [0.1, 0.15) is 6.92 Å². The summed E-state index contributed by atoms with van der Waals surface area (Å²) in [6.45, 7) is 1.96. The van der Waals surface area contributed by atoms with E-state index in [1.807, 2.05) is 0 Å². The van der Waals surface area contributed by atoms with E-state index in [4.69, 9.17) is 10.5 Å². The lowest BCUT2D eigenvalue weighted by Crippen LogP contribution is -2.38. The number of carbonyl (C=O) groups excluding carboxylic acids is 1. The molecule has 0 heterocycles. The Balaban J connectivity index is 3.85. The molecule has 4 heteroatoms. The molecule has 0 aliphatic rings. The third-order valence-corrected chi connectivity index (χ3v) is 1.55. The smallest absolute Gasteiger partial charge is 0.236 e. The van der Waals surface area contributed by atoms with E-state index < -0.39 is 10.2 Å². The Morgan fingerprint density at radius 3 is 2.44 bits per heavy atom. The van der Waals surface area contributed by atoms with Gasteiger partial charge in [0.15, 0.2) is 0 Å². The van der Waals surface area contributed by atoms with Gasteiger partial charge < -0.3 is 10.5 Å². The zero-order valence-corrected chi connectivity index (χ0v) is 7.06. The van der Waals surface area contributed by atoms with Crippen LogP contribution in [-0.2, 0) is 9.53 Å². The molecule has 2 N–H and O–H groups in total. The molecule has 0 spiro atoms. The number of rotatable bonds is 3. The zero-order chi connectivity index (χ0) is 7.49. The summed E-state index contributed by atoms with van der Waals surface area (Å²) in [5.74, 6) is -0.413. The maximum absolute atomic E-state index is 10.5. The van der Waals surface area contributed by atoms with Crippen molar-refractivity contribution in [2.24, 2.45) is 5.73 Å². The largest absolute Gasteiger partial charge is 0.383 e. The first-order chi connectivity index (χ1) is 4.00. The van der Waals surface area contributed by atoms with E-state index in [1.54, 1.807) is 6.92 Å². The second kappa shape index (κ2) is 3.17. The van der Waals surface area contributed by atoms with Crippen LogP contribution in [0.25, 0.3) is 0 Å². The van der Waals surface area contributed by atoms with Gasteiger partial charge in [-0.3, -0.25) is 4.79 Å². The average Bonchev–Trinajstić information content (AvgIpc) is 1.65. The highest BCUT2D eigenvalue weighted by Gasteiger charge is 2.26. The predicted octanol–water partition coefficient (Wildman–Crippen LogP) is 0.272. The van der Waals surface area contributed by atoms with Gasteiger partial charge in [0.25, 0.3) is 0 Å². The number of methoxy groups -OCH3 is 1. The van der Waals surface area contributed by atoms with Crippen LogP contribution in [0.3, 0.4) is 0 Å². The molecule has 0 bridgehead atoms. The Morgan fingerprint density at radius 1 is 1.89 bits per heavy atom. The van der Waals surface area contributed by atoms with Crippen molar-refractivity contribution in [1.82, 2.24) is 0 Å². The van der Waals surface area contributed by atoms with Gasteiger partial charge in [-0.05, 0) is 6.92 Å². The van der Waals surface area contributed by atoms with Crippen molar-refractivity contribution in [1.29, 1.82) is 0 Å². The molecule has 0 aromatic rings. The van der Waals surface area contributed by atoms with Gasteiger partial charge in [-0.2, -0.15) is 0 Å². The molecule has 0 aliphatic carbocycles. The Kier molecular flexibility index (Phi) is 3.14. The molecular formula is C5H10BrNO2. The van der Waals surface area contributed by atoms with Gasteiger partial charge in [0.2, 0.25) is 5.91 Å². The average molecular weight is 196 g/mol. The summed E-state index contributed by atoms with van der Waals surface area (Å²) in [6.07, 6.45) is 0. The van der Waals surface area contributed by atoms with Crippen LogP contribution >= 0.6 is 15.9 Å². The fraction of sp³-hybridized carbons (Fsp3) is 0.800. The molecule has 3 nitrogen and oxygen atoms in total. The van der Waals surface area contributed by atoms with Gasteiger partial charge in [0.05, 0.1) is 6.61 Å². The third kappa shape index (κ3) is 2.81. The highest BCUT2D eigenvalue weighted by molar-refractivity contribution is 9.10. The molecular weight excluding hydrogens is 186 g/mol. The summed E-state index contributed by atoms with van der Waals surface area (Å²) in [6, 6.07) is 0. The second-order valence-electron chi connectivity index (χ2n) is 1.99. The number of alkyl halides is 1. The fourth-order valence-electron chi connectivity index (χ4n) is 0.342. The van der Waals surface area contributed by atoms with Crippen molar-refractivity contribution in [2.45, 2.75) is 11.2 Å².